The van der Waals surface area contributed by atoms with Crippen LogP contribution >= 0.6 is 0 Å². The Morgan fingerprint density at radius 2 is 1.88 bits per heavy atom. The summed E-state index contributed by atoms with van der Waals surface area (Å²) in [4.78, 5) is 23.0. The minimum atomic E-state index is -0.115. The van der Waals surface area contributed by atoms with E-state index in [9.17, 15) is 4.79 Å². The van der Waals surface area contributed by atoms with Crippen LogP contribution in [-0.2, 0) is 0 Å². The molecule has 2 aliphatic heterocycles. The second-order valence-electron chi connectivity index (χ2n) is 12.1. The van der Waals surface area contributed by atoms with E-state index in [1.54, 1.807) is 13.2 Å². The molecule has 0 bridgehead atoms. The first-order chi connectivity index (χ1) is 19.9. The van der Waals surface area contributed by atoms with Gasteiger partial charge in [-0.1, -0.05) is 30.8 Å². The van der Waals surface area contributed by atoms with Crippen molar-refractivity contribution >= 4 is 22.4 Å². The predicted octanol–water partition coefficient (Wildman–Crippen LogP) is 4.69. The van der Waals surface area contributed by atoms with Crippen molar-refractivity contribution in [1.29, 1.82) is 5.26 Å². The second kappa shape index (κ2) is 11.2. The number of amides is 1. The lowest BCUT2D eigenvalue weighted by atomic mass is 9.71. The summed E-state index contributed by atoms with van der Waals surface area (Å²) in [7, 11) is 3.83. The van der Waals surface area contributed by atoms with E-state index in [1.807, 2.05) is 42.5 Å². The van der Waals surface area contributed by atoms with E-state index in [2.05, 4.69) is 40.1 Å². The van der Waals surface area contributed by atoms with Crippen LogP contribution in [0.15, 0.2) is 60.7 Å². The summed E-state index contributed by atoms with van der Waals surface area (Å²) in [5, 5.41) is 17.7. The number of nitrogens with one attached hydrogen (secondary N) is 2. The zero-order chi connectivity index (χ0) is 28.6. The average molecular weight is 551 g/mol. The molecule has 2 saturated heterocycles. The van der Waals surface area contributed by atoms with Gasteiger partial charge in [0.2, 0.25) is 0 Å². The monoisotopic (exact) mass is 550 g/mol. The highest BCUT2D eigenvalue weighted by atomic mass is 16.5. The Hall–Kier alpha value is -3.93. The SMILES string of the molecule is C=C(C#N)CNc1c(OC)ccc2ccc(-c3cccc(C(=O)N[C@H]4CC[C@@H](N5CC6(CN(C)C6)C5)CC4)n3)cc12. The molecule has 3 aliphatic rings. The van der Waals surface area contributed by atoms with Gasteiger partial charge in [-0.2, -0.15) is 5.26 Å². The van der Waals surface area contributed by atoms with Crippen LogP contribution in [0.2, 0.25) is 0 Å². The molecular formula is C33H38N6O2. The molecule has 0 atom stereocenters. The fourth-order valence-corrected chi connectivity index (χ4v) is 6.98. The highest BCUT2D eigenvalue weighted by molar-refractivity contribution is 5.99. The zero-order valence-electron chi connectivity index (χ0n) is 23.9. The molecule has 0 unspecified atom stereocenters. The first-order valence-corrected chi connectivity index (χ1v) is 14.5. The lowest BCUT2D eigenvalue weighted by Gasteiger charge is -2.62. The molecule has 8 heteroatoms. The number of methoxy groups -OCH3 is 1. The van der Waals surface area contributed by atoms with Gasteiger partial charge in [0.1, 0.15) is 11.4 Å². The Bertz CT molecular complexity index is 1510. The molecule has 3 fully saturated rings. The van der Waals surface area contributed by atoms with Crippen molar-refractivity contribution in [2.45, 2.75) is 37.8 Å². The summed E-state index contributed by atoms with van der Waals surface area (Å²) >= 11 is 0. The van der Waals surface area contributed by atoms with Gasteiger partial charge in [-0.05, 0) is 62.4 Å². The predicted molar refractivity (Wildman–Crippen MR) is 162 cm³/mol. The van der Waals surface area contributed by atoms with Gasteiger partial charge in [0.05, 0.1) is 24.6 Å². The van der Waals surface area contributed by atoms with Gasteiger partial charge in [-0.3, -0.25) is 9.69 Å². The molecule has 2 aromatic carbocycles. The summed E-state index contributed by atoms with van der Waals surface area (Å²) in [6.45, 7) is 9.06. The third-order valence-electron chi connectivity index (χ3n) is 8.95. The molecule has 2 N–H and O–H groups in total. The van der Waals surface area contributed by atoms with E-state index >= 15 is 0 Å². The number of carbonyl (C=O) groups is 1. The Morgan fingerprint density at radius 3 is 2.59 bits per heavy atom. The van der Waals surface area contributed by atoms with Crippen LogP contribution in [0.5, 0.6) is 5.75 Å². The number of benzene rings is 2. The molecule has 1 aliphatic carbocycles. The van der Waals surface area contributed by atoms with Crippen molar-refractivity contribution in [2.24, 2.45) is 5.41 Å². The normalized spacial score (nSPS) is 21.9. The maximum atomic E-state index is 13.2. The molecule has 41 heavy (non-hydrogen) atoms. The van der Waals surface area contributed by atoms with E-state index in [0.717, 1.165) is 53.4 Å². The Labute approximate surface area is 242 Å². The fraction of sp³-hybridized carbons (Fsp3) is 0.424. The zero-order valence-corrected chi connectivity index (χ0v) is 23.9. The van der Waals surface area contributed by atoms with Gasteiger partial charge in [0.25, 0.3) is 5.91 Å². The quantitative estimate of drug-likeness (QED) is 0.393. The Balaban J connectivity index is 1.12. The smallest absolute Gasteiger partial charge is 0.270 e. The van der Waals surface area contributed by atoms with Crippen LogP contribution in [0.1, 0.15) is 36.2 Å². The number of rotatable bonds is 8. The summed E-state index contributed by atoms with van der Waals surface area (Å²) in [6.07, 6.45) is 4.31. The molecule has 212 valence electrons. The summed E-state index contributed by atoms with van der Waals surface area (Å²) in [5.74, 6) is 0.566. The third kappa shape index (κ3) is 5.52. The van der Waals surface area contributed by atoms with Crippen LogP contribution in [0, 0.1) is 16.7 Å². The van der Waals surface area contributed by atoms with Gasteiger partial charge in [-0.25, -0.2) is 4.98 Å². The van der Waals surface area contributed by atoms with Crippen molar-refractivity contribution in [2.75, 3.05) is 52.2 Å². The van der Waals surface area contributed by atoms with Gasteiger partial charge in [-0.15, -0.1) is 0 Å². The Kier molecular flexibility index (Phi) is 7.41. The van der Waals surface area contributed by atoms with Crippen LogP contribution in [0.4, 0.5) is 5.69 Å². The van der Waals surface area contributed by atoms with Gasteiger partial charge in [0.15, 0.2) is 0 Å². The number of hydrogen-bond acceptors (Lipinski definition) is 7. The number of fused-ring (bicyclic) bond motifs is 1. The number of carbonyl (C=O) groups excluding carboxylic acids is 1. The number of nitriles is 1. The van der Waals surface area contributed by atoms with E-state index in [4.69, 9.17) is 15.0 Å². The Morgan fingerprint density at radius 1 is 1.12 bits per heavy atom. The fourth-order valence-electron chi connectivity index (χ4n) is 6.98. The van der Waals surface area contributed by atoms with Gasteiger partial charge in [0, 0.05) is 66.7 Å². The number of nitrogens with zero attached hydrogens (tertiary/aromatic N) is 4. The average Bonchev–Trinajstić information content (AvgIpc) is 2.97. The van der Waals surface area contributed by atoms with Crippen LogP contribution in [-0.4, -0.2) is 79.7 Å². The van der Waals surface area contributed by atoms with Crippen molar-refractivity contribution in [1.82, 2.24) is 20.1 Å². The number of likely N-dealkylation sites (tertiary alicyclic amines) is 2. The standard InChI is InChI=1S/C33H38N6O2/c1-22(16-34)17-35-31-27-15-24(8-7-23(27)9-14-30(31)41-3)28-5-4-6-29(37-28)32(40)36-25-10-12-26(13-11-25)39-20-33(21-39)18-38(2)19-33/h4-9,14-15,25-26,35H,1,10-13,17-21H2,2-3H3,(H,36,40)/t25-,26+. The van der Waals surface area contributed by atoms with Gasteiger partial charge < -0.3 is 20.3 Å². The molecule has 8 nitrogen and oxygen atoms in total. The largest absolute Gasteiger partial charge is 0.495 e. The molecule has 1 aromatic heterocycles. The summed E-state index contributed by atoms with van der Waals surface area (Å²) in [5.41, 5.74) is 3.85. The maximum Gasteiger partial charge on any atom is 0.270 e. The topological polar surface area (TPSA) is 93.5 Å². The van der Waals surface area contributed by atoms with Crippen LogP contribution in [0.25, 0.3) is 22.0 Å². The number of anilines is 1. The van der Waals surface area contributed by atoms with E-state index < -0.39 is 0 Å². The third-order valence-corrected chi connectivity index (χ3v) is 8.95. The molecule has 1 saturated carbocycles. The molecule has 6 rings (SSSR count). The first kappa shape index (κ1) is 27.3. The van der Waals surface area contributed by atoms with E-state index in [-0.39, 0.29) is 11.9 Å². The van der Waals surface area contributed by atoms with Crippen molar-refractivity contribution in [3.05, 3.63) is 66.4 Å². The lowest BCUT2D eigenvalue weighted by Crippen LogP contribution is -2.72. The maximum absolute atomic E-state index is 13.2. The van der Waals surface area contributed by atoms with Crippen molar-refractivity contribution < 1.29 is 9.53 Å². The molecular weight excluding hydrogens is 512 g/mol. The molecule has 1 amide bonds. The van der Waals surface area contributed by atoms with Gasteiger partial charge >= 0.3 is 0 Å². The second-order valence-corrected chi connectivity index (χ2v) is 12.1. The molecule has 3 heterocycles. The summed E-state index contributed by atoms with van der Waals surface area (Å²) < 4.78 is 5.59. The van der Waals surface area contributed by atoms with Crippen LogP contribution in [0.3, 0.4) is 0 Å². The molecule has 0 radical (unpaired) electrons. The van der Waals surface area contributed by atoms with E-state index in [0.29, 0.717) is 35.0 Å². The number of aromatic nitrogens is 1. The number of ether oxygens (including phenoxy) is 1. The number of pyridine rings is 1. The minimum absolute atomic E-state index is 0.115. The first-order valence-electron chi connectivity index (χ1n) is 14.5. The highest BCUT2D eigenvalue weighted by Crippen LogP contribution is 2.42. The molecule has 1 spiro atoms. The van der Waals surface area contributed by atoms with E-state index in [1.165, 1.54) is 26.2 Å². The lowest BCUT2D eigenvalue weighted by molar-refractivity contribution is -0.125. The van der Waals surface area contributed by atoms with Crippen molar-refractivity contribution in [3.63, 3.8) is 0 Å². The number of hydrogen-bond donors (Lipinski definition) is 2. The van der Waals surface area contributed by atoms with Crippen LogP contribution < -0.4 is 15.4 Å². The summed E-state index contributed by atoms with van der Waals surface area (Å²) in [6, 6.07) is 18.5. The minimum Gasteiger partial charge on any atom is -0.495 e. The van der Waals surface area contributed by atoms with Crippen molar-refractivity contribution in [3.8, 4) is 23.1 Å². The highest BCUT2D eigenvalue weighted by Gasteiger charge is 2.51. The molecule has 3 aromatic rings.